The number of nitriles is 1. The molecule has 0 aromatic rings. The van der Waals surface area contributed by atoms with Crippen molar-refractivity contribution in [2.75, 3.05) is 0 Å². The van der Waals surface area contributed by atoms with E-state index in [-0.39, 0.29) is 0 Å². The Balaban J connectivity index is 2.87. The van der Waals surface area contributed by atoms with E-state index in [0.29, 0.717) is 24.3 Å². The molecule has 108 valence electrons. The van der Waals surface area contributed by atoms with E-state index < -0.39 is 40.5 Å². The lowest BCUT2D eigenvalue weighted by atomic mass is 9.76. The fraction of sp³-hybridized carbons (Fsp3) is 0.455. The second kappa shape index (κ2) is 3.63. The minimum absolute atomic E-state index is 0.295. The van der Waals surface area contributed by atoms with Crippen LogP contribution in [0.15, 0.2) is 23.8 Å². The van der Waals surface area contributed by atoms with Gasteiger partial charge in [-0.3, -0.25) is 11.1 Å². The van der Waals surface area contributed by atoms with Gasteiger partial charge in [0.25, 0.3) is 11.5 Å². The van der Waals surface area contributed by atoms with Gasteiger partial charge in [-0.25, -0.2) is 17.6 Å². The fourth-order valence-electron chi connectivity index (χ4n) is 2.48. The summed E-state index contributed by atoms with van der Waals surface area (Å²) in [6, 6.07) is 0.717. The highest BCUT2D eigenvalue weighted by Crippen LogP contribution is 2.64. The van der Waals surface area contributed by atoms with Crippen molar-refractivity contribution in [3.63, 3.8) is 0 Å². The van der Waals surface area contributed by atoms with E-state index in [4.69, 9.17) is 10.7 Å². The fourth-order valence-corrected chi connectivity index (χ4v) is 2.48. The third-order valence-corrected chi connectivity index (χ3v) is 3.57. The van der Waals surface area contributed by atoms with Crippen molar-refractivity contribution in [1.29, 1.82) is 10.7 Å². The Hall–Kier alpha value is -1.82. The molecule has 3 nitrogen and oxygen atoms in total. The molecule has 9 heteroatoms. The number of alkyl halides is 6. The quantitative estimate of drug-likeness (QED) is 0.441. The van der Waals surface area contributed by atoms with E-state index >= 15 is 0 Å². The molecule has 0 spiro atoms. The van der Waals surface area contributed by atoms with Crippen LogP contribution in [0.2, 0.25) is 0 Å². The lowest BCUT2D eigenvalue weighted by molar-refractivity contribution is -0.140. The van der Waals surface area contributed by atoms with Crippen molar-refractivity contribution in [2.45, 2.75) is 29.2 Å². The molecule has 0 aromatic carbocycles. The Morgan fingerprint density at radius 3 is 2.35 bits per heavy atom. The summed E-state index contributed by atoms with van der Waals surface area (Å²) >= 11 is 0. The number of nitrogens with one attached hydrogen (secondary N) is 1. The van der Waals surface area contributed by atoms with Gasteiger partial charge in [-0.15, -0.1) is 0 Å². The first-order valence-electron chi connectivity index (χ1n) is 5.25. The van der Waals surface area contributed by atoms with Gasteiger partial charge in [-0.2, -0.15) is 14.0 Å². The molecule has 0 heterocycles. The summed E-state index contributed by atoms with van der Waals surface area (Å²) < 4.78 is 84.7. The molecule has 4 unspecified atom stereocenters. The van der Waals surface area contributed by atoms with Gasteiger partial charge < -0.3 is 0 Å². The predicted molar refractivity (Wildman–Crippen MR) is 56.1 cm³/mol. The topological polar surface area (TPSA) is 73.7 Å². The molecule has 1 saturated carbocycles. The maximum absolute atomic E-state index is 14.7. The molecule has 2 aliphatic carbocycles. The van der Waals surface area contributed by atoms with Crippen LogP contribution in [0.4, 0.5) is 26.3 Å². The van der Waals surface area contributed by atoms with E-state index in [9.17, 15) is 26.3 Å². The summed E-state index contributed by atoms with van der Waals surface area (Å²) in [5.41, 5.74) is -8.27. The Kier molecular flexibility index (Phi) is 2.65. The summed E-state index contributed by atoms with van der Waals surface area (Å²) in [7, 11) is 0. The van der Waals surface area contributed by atoms with E-state index in [1.165, 1.54) is 0 Å². The van der Waals surface area contributed by atoms with E-state index in [0.717, 1.165) is 0 Å². The molecular formula is C11H7F6N3. The number of halogens is 6. The average Bonchev–Trinajstić information content (AvgIpc) is 2.47. The van der Waals surface area contributed by atoms with Gasteiger partial charge in [0.1, 0.15) is 6.07 Å². The maximum Gasteiger partial charge on any atom is 0.323 e. The summed E-state index contributed by atoms with van der Waals surface area (Å²) in [5.74, 6) is -9.70. The molecule has 4 atom stereocenters. The van der Waals surface area contributed by atoms with Crippen LogP contribution in [0.1, 0.15) is 0 Å². The molecule has 20 heavy (non-hydrogen) atoms. The highest BCUT2D eigenvalue weighted by atomic mass is 19.3. The standard InChI is InChI=1S/C11H7F6N3/c12-6-3-1-2-5-8(6,13)9(14,7(19)4-18)11(17,20)10(5,15)16/h1-3,6,19H,20H2. The molecule has 0 saturated heterocycles. The smallest absolute Gasteiger partial charge is 0.291 e. The summed E-state index contributed by atoms with van der Waals surface area (Å²) in [4.78, 5) is 0. The maximum atomic E-state index is 14.7. The molecule has 0 aromatic heterocycles. The Labute approximate surface area is 108 Å². The van der Waals surface area contributed by atoms with E-state index in [2.05, 4.69) is 5.73 Å². The second-order valence-corrected chi connectivity index (χ2v) is 4.51. The third kappa shape index (κ3) is 1.14. The Bertz CT molecular complexity index is 589. The molecule has 0 amide bonds. The number of nitrogens with two attached hydrogens (primary N) is 1. The van der Waals surface area contributed by atoms with Crippen molar-refractivity contribution in [1.82, 2.24) is 0 Å². The first-order valence-corrected chi connectivity index (χ1v) is 5.25. The van der Waals surface area contributed by atoms with Gasteiger partial charge in [0, 0.05) is 5.57 Å². The van der Waals surface area contributed by atoms with Crippen molar-refractivity contribution in [2.24, 2.45) is 5.73 Å². The minimum Gasteiger partial charge on any atom is -0.291 e. The zero-order valence-corrected chi connectivity index (χ0v) is 9.60. The normalized spacial score (nSPS) is 45.5. The monoisotopic (exact) mass is 295 g/mol. The van der Waals surface area contributed by atoms with E-state index in [1.54, 1.807) is 0 Å². The molecule has 0 bridgehead atoms. The van der Waals surface area contributed by atoms with Crippen LogP contribution in [-0.2, 0) is 0 Å². The Morgan fingerprint density at radius 2 is 1.85 bits per heavy atom. The largest absolute Gasteiger partial charge is 0.323 e. The van der Waals surface area contributed by atoms with Gasteiger partial charge in [0.2, 0.25) is 5.67 Å². The SMILES string of the molecule is N#CC(=N)C1(F)C2(F)C(=CC=CC2F)C(F)(F)C1(N)F. The first-order chi connectivity index (χ1) is 8.99. The summed E-state index contributed by atoms with van der Waals surface area (Å²) in [6.07, 6.45) is -1.69. The summed E-state index contributed by atoms with van der Waals surface area (Å²) in [6.45, 7) is 0. The van der Waals surface area contributed by atoms with Gasteiger partial charge >= 0.3 is 5.92 Å². The zero-order chi connectivity index (χ0) is 15.6. The van der Waals surface area contributed by atoms with Gasteiger partial charge in [0.15, 0.2) is 11.9 Å². The first kappa shape index (κ1) is 14.6. The molecule has 1 fully saturated rings. The van der Waals surface area contributed by atoms with Gasteiger partial charge in [-0.1, -0.05) is 12.2 Å². The predicted octanol–water partition coefficient (Wildman–Crippen LogP) is 2.05. The van der Waals surface area contributed by atoms with Crippen molar-refractivity contribution in [3.8, 4) is 6.07 Å². The third-order valence-electron chi connectivity index (χ3n) is 3.57. The molecule has 2 rings (SSSR count). The lowest BCUT2D eigenvalue weighted by Crippen LogP contribution is -2.69. The van der Waals surface area contributed by atoms with Gasteiger partial charge in [0.05, 0.1) is 0 Å². The number of hydrogen-bond acceptors (Lipinski definition) is 3. The number of hydrogen-bond donors (Lipinski definition) is 2. The van der Waals surface area contributed by atoms with Crippen LogP contribution in [0.3, 0.4) is 0 Å². The minimum atomic E-state index is -4.92. The lowest BCUT2D eigenvalue weighted by Gasteiger charge is -2.37. The van der Waals surface area contributed by atoms with Crippen LogP contribution in [0.25, 0.3) is 0 Å². The molecule has 0 aliphatic heterocycles. The molecule has 0 radical (unpaired) electrons. The number of allylic oxidation sites excluding steroid dienone is 3. The Morgan fingerprint density at radius 1 is 1.30 bits per heavy atom. The van der Waals surface area contributed by atoms with Gasteiger partial charge in [-0.05, 0) is 6.08 Å². The molecule has 3 N–H and O–H groups in total. The average molecular weight is 295 g/mol. The number of fused-ring (bicyclic) bond motifs is 1. The van der Waals surface area contributed by atoms with Crippen LogP contribution in [0, 0.1) is 16.7 Å². The van der Waals surface area contributed by atoms with Crippen molar-refractivity contribution >= 4 is 5.71 Å². The number of nitrogens with zero attached hydrogens (tertiary/aromatic N) is 1. The molecular weight excluding hydrogens is 288 g/mol. The van der Waals surface area contributed by atoms with Crippen LogP contribution in [-0.4, -0.2) is 34.9 Å². The van der Waals surface area contributed by atoms with Crippen LogP contribution >= 0.6 is 0 Å². The van der Waals surface area contributed by atoms with Crippen LogP contribution in [0.5, 0.6) is 0 Å². The zero-order valence-electron chi connectivity index (χ0n) is 9.60. The van der Waals surface area contributed by atoms with Crippen molar-refractivity contribution in [3.05, 3.63) is 23.8 Å². The highest BCUT2D eigenvalue weighted by molar-refractivity contribution is 6.06. The summed E-state index contributed by atoms with van der Waals surface area (Å²) in [5, 5.41) is 15.4. The van der Waals surface area contributed by atoms with E-state index in [1.807, 2.05) is 0 Å². The molecule has 2 aliphatic rings. The van der Waals surface area contributed by atoms with Crippen molar-refractivity contribution < 1.29 is 26.3 Å². The highest BCUT2D eigenvalue weighted by Gasteiger charge is 2.89. The second-order valence-electron chi connectivity index (χ2n) is 4.51. The van der Waals surface area contributed by atoms with Crippen LogP contribution < -0.4 is 5.73 Å². The number of rotatable bonds is 1.